The van der Waals surface area contributed by atoms with E-state index in [2.05, 4.69) is 15.8 Å². The Morgan fingerprint density at radius 2 is 2.00 bits per heavy atom. The number of sulfonamides is 1. The van der Waals surface area contributed by atoms with Crippen molar-refractivity contribution in [2.75, 3.05) is 33.2 Å². The molecule has 1 N–H and O–H groups in total. The van der Waals surface area contributed by atoms with E-state index in [1.54, 1.807) is 22.5 Å². The highest BCUT2D eigenvalue weighted by Crippen LogP contribution is 2.24. The predicted molar refractivity (Wildman–Crippen MR) is 72.8 cm³/mol. The molecule has 1 aromatic carbocycles. The fourth-order valence-electron chi connectivity index (χ4n) is 2.24. The topological polar surface area (TPSA) is 67.6 Å². The van der Waals surface area contributed by atoms with E-state index in [-0.39, 0.29) is 4.90 Å². The minimum Gasteiger partial charge on any atom is -0.335 e. The molecule has 0 aliphatic carbocycles. The number of hydrogen-bond acceptors (Lipinski definition) is 5. The third kappa shape index (κ3) is 2.25. The Bertz CT molecular complexity index is 690. The number of benzene rings is 1. The van der Waals surface area contributed by atoms with Gasteiger partial charge in [-0.2, -0.15) is 13.1 Å². The fourth-order valence-corrected chi connectivity index (χ4v) is 4.43. The van der Waals surface area contributed by atoms with Crippen molar-refractivity contribution in [3.63, 3.8) is 0 Å². The molecule has 1 aliphatic heterocycles. The lowest BCUT2D eigenvalue weighted by atomic mass is 10.3. The zero-order valence-electron chi connectivity index (χ0n) is 10.5. The minimum atomic E-state index is -3.46. The number of likely N-dealkylation sites (N-methyl/N-ethyl adjacent to an activating group) is 1. The summed E-state index contributed by atoms with van der Waals surface area (Å²) in [6, 6.07) is 5.12. The van der Waals surface area contributed by atoms with E-state index in [1.807, 2.05) is 0 Å². The number of aromatic nitrogens is 2. The van der Waals surface area contributed by atoms with Crippen LogP contribution in [0, 0.1) is 0 Å². The van der Waals surface area contributed by atoms with Crippen LogP contribution in [0.2, 0.25) is 0 Å². The second kappa shape index (κ2) is 4.78. The summed E-state index contributed by atoms with van der Waals surface area (Å²) in [5, 5.41) is 0. The molecule has 0 atom stereocenters. The van der Waals surface area contributed by atoms with Crippen molar-refractivity contribution in [1.29, 1.82) is 0 Å². The molecule has 1 saturated heterocycles. The van der Waals surface area contributed by atoms with Crippen LogP contribution in [0.1, 0.15) is 0 Å². The van der Waals surface area contributed by atoms with Gasteiger partial charge in [-0.3, -0.25) is 0 Å². The maximum atomic E-state index is 12.7. The van der Waals surface area contributed by atoms with Crippen molar-refractivity contribution >= 4 is 32.8 Å². The second-order valence-electron chi connectivity index (χ2n) is 4.75. The Labute approximate surface area is 116 Å². The average Bonchev–Trinajstić information content (AvgIpc) is 2.87. The molecule has 102 valence electrons. The summed E-state index contributed by atoms with van der Waals surface area (Å²) in [5.74, 6) is 0. The monoisotopic (exact) mass is 299 g/mol. The summed E-state index contributed by atoms with van der Waals surface area (Å²) in [6.07, 6.45) is 0. The fraction of sp³-hybridized carbons (Fsp3) is 0.455. The van der Waals surface area contributed by atoms with Gasteiger partial charge < -0.3 is 4.90 Å². The first kappa shape index (κ1) is 12.9. The summed E-state index contributed by atoms with van der Waals surface area (Å²) in [4.78, 5) is 1.64. The van der Waals surface area contributed by atoms with Crippen molar-refractivity contribution in [2.24, 2.45) is 0 Å². The zero-order valence-corrected chi connectivity index (χ0v) is 12.2. The summed E-state index contributed by atoms with van der Waals surface area (Å²) in [5.41, 5.74) is 1.13. The molecule has 2 aromatic rings. The summed E-state index contributed by atoms with van der Waals surface area (Å²) in [7, 11) is -1.38. The Balaban J connectivity index is 2.02. The molecule has 1 aromatic heterocycles. The first-order chi connectivity index (χ1) is 9.09. The van der Waals surface area contributed by atoms with Crippen LogP contribution in [0.25, 0.3) is 11.0 Å². The third-order valence-corrected chi connectivity index (χ3v) is 5.92. The SMILES string of the molecule is C[NH+]1CCN(S(=O)(=O)c2cccc3nsnc23)CC1. The molecule has 2 heterocycles. The molecule has 8 heteroatoms. The summed E-state index contributed by atoms with van der Waals surface area (Å²) < 4.78 is 35.1. The molecule has 1 fully saturated rings. The molecule has 0 saturated carbocycles. The lowest BCUT2D eigenvalue weighted by molar-refractivity contribution is -0.883. The minimum absolute atomic E-state index is 0.276. The van der Waals surface area contributed by atoms with E-state index < -0.39 is 10.0 Å². The molecule has 0 bridgehead atoms. The van der Waals surface area contributed by atoms with Gasteiger partial charge >= 0.3 is 0 Å². The molecular formula is C11H15N4O2S2+. The van der Waals surface area contributed by atoms with Crippen molar-refractivity contribution < 1.29 is 13.3 Å². The number of quaternary nitrogens is 1. The van der Waals surface area contributed by atoms with Crippen molar-refractivity contribution in [1.82, 2.24) is 13.1 Å². The summed E-state index contributed by atoms with van der Waals surface area (Å²) in [6.45, 7) is 2.79. The van der Waals surface area contributed by atoms with Crippen molar-refractivity contribution in [2.45, 2.75) is 4.90 Å². The van der Waals surface area contributed by atoms with Crippen LogP contribution in [-0.2, 0) is 10.0 Å². The highest BCUT2D eigenvalue weighted by atomic mass is 32.2. The van der Waals surface area contributed by atoms with Crippen LogP contribution in [0.3, 0.4) is 0 Å². The van der Waals surface area contributed by atoms with Gasteiger partial charge in [0.2, 0.25) is 10.0 Å². The maximum Gasteiger partial charge on any atom is 0.245 e. The Morgan fingerprint density at radius 3 is 2.74 bits per heavy atom. The lowest BCUT2D eigenvalue weighted by Gasteiger charge is -2.29. The van der Waals surface area contributed by atoms with E-state index >= 15 is 0 Å². The molecular weight excluding hydrogens is 284 g/mol. The molecule has 19 heavy (non-hydrogen) atoms. The van der Waals surface area contributed by atoms with Crippen molar-refractivity contribution in [3.8, 4) is 0 Å². The number of piperazine rings is 1. The van der Waals surface area contributed by atoms with E-state index in [4.69, 9.17) is 0 Å². The van der Waals surface area contributed by atoms with Gasteiger partial charge in [0, 0.05) is 0 Å². The highest BCUT2D eigenvalue weighted by molar-refractivity contribution is 7.89. The molecule has 1 aliphatic rings. The lowest BCUT2D eigenvalue weighted by Crippen LogP contribution is -3.12. The van der Waals surface area contributed by atoms with Gasteiger partial charge in [0.15, 0.2) is 0 Å². The zero-order chi connectivity index (χ0) is 13.5. The predicted octanol–water partition coefficient (Wildman–Crippen LogP) is -0.790. The third-order valence-electron chi connectivity index (χ3n) is 3.44. The van der Waals surface area contributed by atoms with Gasteiger partial charge in [-0.25, -0.2) is 8.42 Å². The largest absolute Gasteiger partial charge is 0.335 e. The van der Waals surface area contributed by atoms with Crippen LogP contribution in [0.4, 0.5) is 0 Å². The molecule has 0 amide bonds. The summed E-state index contributed by atoms with van der Waals surface area (Å²) >= 11 is 1.04. The average molecular weight is 299 g/mol. The van der Waals surface area contributed by atoms with Gasteiger partial charge in [-0.1, -0.05) is 6.07 Å². The van der Waals surface area contributed by atoms with E-state index in [0.29, 0.717) is 24.1 Å². The number of hydrogen-bond donors (Lipinski definition) is 1. The van der Waals surface area contributed by atoms with Crippen molar-refractivity contribution in [3.05, 3.63) is 18.2 Å². The number of fused-ring (bicyclic) bond motifs is 1. The molecule has 3 rings (SSSR count). The van der Waals surface area contributed by atoms with Crippen LogP contribution < -0.4 is 4.90 Å². The van der Waals surface area contributed by atoms with Crippen LogP contribution >= 0.6 is 11.7 Å². The molecule has 6 nitrogen and oxygen atoms in total. The van der Waals surface area contributed by atoms with Crippen LogP contribution in [-0.4, -0.2) is 54.7 Å². The maximum absolute atomic E-state index is 12.7. The Hall–Kier alpha value is -1.09. The number of nitrogens with one attached hydrogen (secondary N) is 1. The van der Waals surface area contributed by atoms with Gasteiger partial charge in [-0.05, 0) is 12.1 Å². The Kier molecular flexibility index (Phi) is 3.25. The van der Waals surface area contributed by atoms with E-state index in [0.717, 1.165) is 24.8 Å². The van der Waals surface area contributed by atoms with Gasteiger partial charge in [-0.15, -0.1) is 0 Å². The first-order valence-corrected chi connectivity index (χ1v) is 8.29. The molecule has 0 spiro atoms. The van der Waals surface area contributed by atoms with Gasteiger partial charge in [0.05, 0.1) is 45.0 Å². The standard InChI is InChI=1S/C11H14N4O2S2/c1-14-5-7-15(8-6-14)19(16,17)10-4-2-3-9-11(10)13-18-12-9/h2-4H,5-8H2,1H3/p+1. The Morgan fingerprint density at radius 1 is 1.26 bits per heavy atom. The van der Waals surface area contributed by atoms with E-state index in [9.17, 15) is 8.42 Å². The highest BCUT2D eigenvalue weighted by Gasteiger charge is 2.31. The quantitative estimate of drug-likeness (QED) is 0.789. The van der Waals surface area contributed by atoms with Crippen LogP contribution in [0.5, 0.6) is 0 Å². The number of rotatable bonds is 2. The van der Waals surface area contributed by atoms with Gasteiger partial charge in [0.1, 0.15) is 15.9 Å². The van der Waals surface area contributed by atoms with Crippen LogP contribution in [0.15, 0.2) is 23.1 Å². The normalized spacial score (nSPS) is 19.0. The van der Waals surface area contributed by atoms with E-state index in [1.165, 1.54) is 4.90 Å². The first-order valence-electron chi connectivity index (χ1n) is 6.12. The van der Waals surface area contributed by atoms with Gasteiger partial charge in [0.25, 0.3) is 0 Å². The smallest absolute Gasteiger partial charge is 0.245 e. The molecule has 0 radical (unpaired) electrons. The number of nitrogens with zero attached hydrogens (tertiary/aromatic N) is 3. The second-order valence-corrected chi connectivity index (χ2v) is 7.18. The molecule has 0 unspecified atom stereocenters.